The molecule has 1 aliphatic heterocycles. The number of benzene rings is 1. The fourth-order valence-electron chi connectivity index (χ4n) is 2.14. The van der Waals surface area contributed by atoms with Crippen molar-refractivity contribution >= 4 is 35.5 Å². The molecule has 3 rings (SSSR count). The lowest BCUT2D eigenvalue weighted by Gasteiger charge is -2.12. The summed E-state index contributed by atoms with van der Waals surface area (Å²) in [5.74, 6) is 2.73. The normalized spacial score (nSPS) is 13.1. The third-order valence-corrected chi connectivity index (χ3v) is 5.39. The zero-order chi connectivity index (χ0) is 14.5. The molecule has 2 heterocycles. The minimum Gasteiger partial charge on any atom is -0.454 e. The molecule has 0 bridgehead atoms. The van der Waals surface area contributed by atoms with Crippen molar-refractivity contribution in [3.8, 4) is 11.5 Å². The van der Waals surface area contributed by atoms with E-state index in [1.807, 2.05) is 17.8 Å². The number of thiophene rings is 1. The highest BCUT2D eigenvalue weighted by molar-refractivity contribution is 7.99. The van der Waals surface area contributed by atoms with Crippen molar-refractivity contribution in [2.24, 2.45) is 0 Å². The summed E-state index contributed by atoms with van der Waals surface area (Å²) >= 11 is 3.76. The largest absolute Gasteiger partial charge is 0.454 e. The van der Waals surface area contributed by atoms with Crippen molar-refractivity contribution in [3.63, 3.8) is 0 Å². The Labute approximate surface area is 151 Å². The van der Waals surface area contributed by atoms with Crippen LogP contribution in [0.15, 0.2) is 35.7 Å². The molecule has 0 aliphatic carbocycles. The van der Waals surface area contributed by atoms with Crippen LogP contribution in [-0.2, 0) is 12.3 Å². The van der Waals surface area contributed by atoms with Crippen molar-refractivity contribution in [1.29, 1.82) is 0 Å². The lowest BCUT2D eigenvalue weighted by atomic mass is 10.2. The molecule has 7 heteroatoms. The summed E-state index contributed by atoms with van der Waals surface area (Å²) in [6, 6.07) is 10.5. The van der Waals surface area contributed by atoms with Crippen LogP contribution in [0.4, 0.5) is 0 Å². The Balaban J connectivity index is 0.00000132. The maximum atomic E-state index is 5.41. The standard InChI is InChI=1S/C16H19NO2S2.ClH.H2O/c1-12(8-17-9-14-3-2-6-20-14)21-10-13-4-5-15-16(7-13)19-11-18-15;;/h2-7,12,17H,8-11H2,1H3;1H;1H2/t12-;;/m1../s1. The van der Waals surface area contributed by atoms with Gasteiger partial charge in [-0.15, -0.1) is 23.7 Å². The van der Waals surface area contributed by atoms with Gasteiger partial charge in [0.05, 0.1) is 0 Å². The van der Waals surface area contributed by atoms with Gasteiger partial charge in [-0.05, 0) is 29.1 Å². The minimum atomic E-state index is 0. The van der Waals surface area contributed by atoms with Crippen LogP contribution >= 0.6 is 35.5 Å². The molecule has 1 aromatic heterocycles. The Morgan fingerprint density at radius 3 is 2.87 bits per heavy atom. The van der Waals surface area contributed by atoms with Gasteiger partial charge in [-0.3, -0.25) is 0 Å². The molecule has 0 spiro atoms. The van der Waals surface area contributed by atoms with Crippen LogP contribution in [0.1, 0.15) is 17.4 Å². The third kappa shape index (κ3) is 5.90. The minimum absolute atomic E-state index is 0. The predicted molar refractivity (Wildman–Crippen MR) is 100 cm³/mol. The SMILES string of the molecule is C[C@H](CNCc1cccs1)SCc1ccc2c(c1)OCO2.Cl.O. The van der Waals surface area contributed by atoms with Crippen LogP contribution in [0.3, 0.4) is 0 Å². The van der Waals surface area contributed by atoms with Gasteiger partial charge in [0, 0.05) is 29.0 Å². The molecular weight excluding hydrogens is 354 g/mol. The van der Waals surface area contributed by atoms with Crippen LogP contribution in [0.2, 0.25) is 0 Å². The van der Waals surface area contributed by atoms with Crippen molar-refractivity contribution in [3.05, 3.63) is 46.2 Å². The Kier molecular flexibility index (Phi) is 8.79. The fourth-order valence-corrected chi connectivity index (χ4v) is 3.71. The van der Waals surface area contributed by atoms with E-state index < -0.39 is 0 Å². The third-order valence-electron chi connectivity index (χ3n) is 3.28. The molecule has 23 heavy (non-hydrogen) atoms. The van der Waals surface area contributed by atoms with Crippen molar-refractivity contribution in [1.82, 2.24) is 5.32 Å². The maximum absolute atomic E-state index is 5.41. The predicted octanol–water partition coefficient (Wildman–Crippen LogP) is 3.49. The lowest BCUT2D eigenvalue weighted by molar-refractivity contribution is 0.174. The Bertz CT molecular complexity index is 581. The number of ether oxygens (including phenoxy) is 2. The maximum Gasteiger partial charge on any atom is 0.231 e. The molecule has 128 valence electrons. The number of halogens is 1. The second-order valence-electron chi connectivity index (χ2n) is 5.02. The molecule has 0 fully saturated rings. The molecule has 1 aliphatic rings. The molecule has 1 aromatic carbocycles. The van der Waals surface area contributed by atoms with E-state index in [1.165, 1.54) is 10.4 Å². The van der Waals surface area contributed by atoms with Gasteiger partial charge in [-0.2, -0.15) is 11.8 Å². The Morgan fingerprint density at radius 2 is 2.09 bits per heavy atom. The molecule has 0 unspecified atom stereocenters. The monoisotopic (exact) mass is 375 g/mol. The van der Waals surface area contributed by atoms with Gasteiger partial charge in [0.2, 0.25) is 6.79 Å². The quantitative estimate of drug-likeness (QED) is 0.804. The van der Waals surface area contributed by atoms with E-state index in [4.69, 9.17) is 9.47 Å². The first-order valence-corrected chi connectivity index (χ1v) is 8.97. The topological polar surface area (TPSA) is 62.0 Å². The summed E-state index contributed by atoms with van der Waals surface area (Å²) in [6.07, 6.45) is 0. The number of hydrogen-bond donors (Lipinski definition) is 1. The molecular formula is C16H22ClNO3S2. The molecule has 4 nitrogen and oxygen atoms in total. The molecule has 3 N–H and O–H groups in total. The second-order valence-corrected chi connectivity index (χ2v) is 7.48. The first-order valence-electron chi connectivity index (χ1n) is 7.04. The van der Waals surface area contributed by atoms with Crippen LogP contribution in [0, 0.1) is 0 Å². The summed E-state index contributed by atoms with van der Waals surface area (Å²) in [4.78, 5) is 1.39. The summed E-state index contributed by atoms with van der Waals surface area (Å²) in [6.45, 7) is 4.59. The molecule has 0 radical (unpaired) electrons. The van der Waals surface area contributed by atoms with Gasteiger partial charge < -0.3 is 20.3 Å². The number of nitrogens with one attached hydrogen (secondary N) is 1. The number of fused-ring (bicyclic) bond motifs is 1. The Hall–Kier alpha value is -0.920. The van der Waals surface area contributed by atoms with Crippen molar-refractivity contribution in [2.45, 2.75) is 24.5 Å². The van der Waals surface area contributed by atoms with Crippen LogP contribution in [-0.4, -0.2) is 24.1 Å². The average molecular weight is 376 g/mol. The highest BCUT2D eigenvalue weighted by Crippen LogP contribution is 2.33. The van der Waals surface area contributed by atoms with Gasteiger partial charge in [-0.1, -0.05) is 19.1 Å². The van der Waals surface area contributed by atoms with E-state index in [1.54, 1.807) is 11.3 Å². The van der Waals surface area contributed by atoms with Crippen molar-refractivity contribution in [2.75, 3.05) is 13.3 Å². The van der Waals surface area contributed by atoms with Crippen LogP contribution in [0.5, 0.6) is 11.5 Å². The summed E-state index contributed by atoms with van der Waals surface area (Å²) in [7, 11) is 0. The van der Waals surface area contributed by atoms with Crippen LogP contribution in [0.25, 0.3) is 0 Å². The average Bonchev–Trinajstić information content (AvgIpc) is 3.15. The van der Waals surface area contributed by atoms with E-state index in [-0.39, 0.29) is 17.9 Å². The number of hydrogen-bond acceptors (Lipinski definition) is 5. The van der Waals surface area contributed by atoms with E-state index in [0.29, 0.717) is 12.0 Å². The van der Waals surface area contributed by atoms with Gasteiger partial charge >= 0.3 is 0 Å². The van der Waals surface area contributed by atoms with Crippen molar-refractivity contribution < 1.29 is 14.9 Å². The zero-order valence-corrected chi connectivity index (χ0v) is 15.4. The highest BCUT2D eigenvalue weighted by Gasteiger charge is 2.13. The molecule has 0 amide bonds. The second kappa shape index (κ2) is 10.1. The summed E-state index contributed by atoms with van der Waals surface area (Å²) in [5.41, 5.74) is 1.29. The number of thioether (sulfide) groups is 1. The zero-order valence-electron chi connectivity index (χ0n) is 12.9. The molecule has 2 aromatic rings. The molecule has 0 saturated heterocycles. The van der Waals surface area contributed by atoms with E-state index >= 15 is 0 Å². The highest BCUT2D eigenvalue weighted by atomic mass is 35.5. The number of rotatable bonds is 7. The van der Waals surface area contributed by atoms with E-state index in [0.717, 1.165) is 30.3 Å². The summed E-state index contributed by atoms with van der Waals surface area (Å²) < 4.78 is 10.7. The molecule has 1 atom stereocenters. The lowest BCUT2D eigenvalue weighted by Crippen LogP contribution is -2.21. The smallest absolute Gasteiger partial charge is 0.231 e. The summed E-state index contributed by atoms with van der Waals surface area (Å²) in [5, 5.41) is 6.21. The van der Waals surface area contributed by atoms with Gasteiger partial charge in [0.25, 0.3) is 0 Å². The molecule has 0 saturated carbocycles. The Morgan fingerprint density at radius 1 is 1.26 bits per heavy atom. The fraction of sp³-hybridized carbons (Fsp3) is 0.375. The first-order chi connectivity index (χ1) is 10.3. The van der Waals surface area contributed by atoms with Gasteiger partial charge in [-0.25, -0.2) is 0 Å². The van der Waals surface area contributed by atoms with Gasteiger partial charge in [0.1, 0.15) is 0 Å². The van der Waals surface area contributed by atoms with E-state index in [2.05, 4.69) is 41.9 Å². The first kappa shape index (κ1) is 20.1. The van der Waals surface area contributed by atoms with Gasteiger partial charge in [0.15, 0.2) is 11.5 Å². The van der Waals surface area contributed by atoms with Crippen LogP contribution < -0.4 is 14.8 Å². The van der Waals surface area contributed by atoms with E-state index in [9.17, 15) is 0 Å².